The first-order valence-corrected chi connectivity index (χ1v) is 12.5. The van der Waals surface area contributed by atoms with Crippen LogP contribution in [0.2, 0.25) is 0 Å². The molecule has 2 aliphatic heterocycles. The number of amides is 1. The van der Waals surface area contributed by atoms with E-state index >= 15 is 0 Å². The van der Waals surface area contributed by atoms with Gasteiger partial charge in [0.2, 0.25) is 5.91 Å². The van der Waals surface area contributed by atoms with Crippen LogP contribution in [0.3, 0.4) is 0 Å². The van der Waals surface area contributed by atoms with Gasteiger partial charge in [-0.05, 0) is 60.2 Å². The van der Waals surface area contributed by atoms with Crippen LogP contribution < -0.4 is 14.2 Å². The Morgan fingerprint density at radius 1 is 0.865 bits per heavy atom. The van der Waals surface area contributed by atoms with Crippen LogP contribution in [0, 0.1) is 0 Å². The summed E-state index contributed by atoms with van der Waals surface area (Å²) in [4.78, 5) is 18.6. The number of benzene rings is 3. The van der Waals surface area contributed by atoms with Crippen molar-refractivity contribution in [2.45, 2.75) is 44.9 Å². The van der Waals surface area contributed by atoms with E-state index in [1.54, 1.807) is 21.3 Å². The average molecular weight is 523 g/mol. The van der Waals surface area contributed by atoms with E-state index < -0.39 is 0 Å². The van der Waals surface area contributed by atoms with Gasteiger partial charge in [0.25, 0.3) is 0 Å². The van der Waals surface area contributed by atoms with Crippen LogP contribution >= 0.6 is 12.4 Å². The summed E-state index contributed by atoms with van der Waals surface area (Å²) in [5, 5.41) is 0. The van der Waals surface area contributed by atoms with E-state index in [-0.39, 0.29) is 30.4 Å². The summed E-state index contributed by atoms with van der Waals surface area (Å²) in [6, 6.07) is 20.3. The molecule has 0 radical (unpaired) electrons. The molecule has 0 bridgehead atoms. The van der Waals surface area contributed by atoms with Crippen molar-refractivity contribution < 1.29 is 19.0 Å². The molecule has 196 valence electrons. The Hall–Kier alpha value is -3.22. The summed E-state index contributed by atoms with van der Waals surface area (Å²) >= 11 is 0. The molecule has 0 fully saturated rings. The van der Waals surface area contributed by atoms with Crippen LogP contribution in [-0.2, 0) is 30.7 Å². The molecule has 0 aromatic heterocycles. The second-order valence-corrected chi connectivity index (χ2v) is 9.57. The summed E-state index contributed by atoms with van der Waals surface area (Å²) in [5.74, 6) is 2.45. The topological polar surface area (TPSA) is 51.2 Å². The van der Waals surface area contributed by atoms with Gasteiger partial charge in [0.15, 0.2) is 11.5 Å². The van der Waals surface area contributed by atoms with Crippen LogP contribution in [0.1, 0.15) is 40.8 Å². The molecule has 0 saturated heterocycles. The maximum absolute atomic E-state index is 14.2. The van der Waals surface area contributed by atoms with Crippen LogP contribution in [0.4, 0.5) is 0 Å². The number of nitrogens with zero attached hydrogens (tertiary/aromatic N) is 2. The highest BCUT2D eigenvalue weighted by Crippen LogP contribution is 2.39. The van der Waals surface area contributed by atoms with Crippen molar-refractivity contribution in [3.05, 3.63) is 88.5 Å². The summed E-state index contributed by atoms with van der Waals surface area (Å²) in [6.07, 6.45) is 1.49. The molecule has 0 spiro atoms. The lowest BCUT2D eigenvalue weighted by molar-refractivity contribution is -0.140. The zero-order valence-corrected chi connectivity index (χ0v) is 22.7. The lowest BCUT2D eigenvalue weighted by atomic mass is 9.89. The Morgan fingerprint density at radius 3 is 2.24 bits per heavy atom. The number of hydrogen-bond donors (Lipinski definition) is 0. The first-order chi connectivity index (χ1) is 17.5. The summed E-state index contributed by atoms with van der Waals surface area (Å²) in [5.41, 5.74) is 5.96. The highest BCUT2D eigenvalue weighted by Gasteiger charge is 2.38. The predicted octanol–water partition coefficient (Wildman–Crippen LogP) is 5.21. The summed E-state index contributed by atoms with van der Waals surface area (Å²) < 4.78 is 16.7. The summed E-state index contributed by atoms with van der Waals surface area (Å²) in [7, 11) is 5.00. The molecule has 2 aliphatic rings. The molecule has 5 rings (SSSR count). The van der Waals surface area contributed by atoms with E-state index in [9.17, 15) is 4.79 Å². The molecule has 1 amide bonds. The van der Waals surface area contributed by atoms with Gasteiger partial charge in [0.05, 0.1) is 33.4 Å². The van der Waals surface area contributed by atoms with Gasteiger partial charge in [-0.15, -0.1) is 12.4 Å². The van der Waals surface area contributed by atoms with Crippen molar-refractivity contribution in [1.29, 1.82) is 0 Å². The minimum absolute atomic E-state index is 0. The van der Waals surface area contributed by atoms with Crippen molar-refractivity contribution in [3.8, 4) is 17.2 Å². The van der Waals surface area contributed by atoms with Gasteiger partial charge in [0, 0.05) is 25.2 Å². The third kappa shape index (κ3) is 5.13. The second kappa shape index (κ2) is 11.4. The smallest absolute Gasteiger partial charge is 0.240 e. The first-order valence-electron chi connectivity index (χ1n) is 12.5. The summed E-state index contributed by atoms with van der Waals surface area (Å²) in [6.45, 7) is 4.18. The van der Waals surface area contributed by atoms with Crippen LogP contribution in [0.25, 0.3) is 0 Å². The van der Waals surface area contributed by atoms with Gasteiger partial charge in [-0.2, -0.15) is 0 Å². The Morgan fingerprint density at radius 2 is 1.51 bits per heavy atom. The number of fused-ring (bicyclic) bond motifs is 2. The van der Waals surface area contributed by atoms with Crippen molar-refractivity contribution in [3.63, 3.8) is 0 Å². The van der Waals surface area contributed by atoms with Gasteiger partial charge in [-0.3, -0.25) is 9.69 Å². The van der Waals surface area contributed by atoms with E-state index in [1.807, 2.05) is 29.2 Å². The van der Waals surface area contributed by atoms with E-state index in [2.05, 4.69) is 48.2 Å². The first kappa shape index (κ1) is 26.8. The van der Waals surface area contributed by atoms with Gasteiger partial charge in [-0.1, -0.05) is 42.5 Å². The Bertz CT molecular complexity index is 1260. The number of methoxy groups -OCH3 is 3. The van der Waals surface area contributed by atoms with Gasteiger partial charge in [-0.25, -0.2) is 0 Å². The SMILES string of the molecule is COc1ccccc1CN1Cc2ccccc2C[C@H]1C(=O)N1CCc2cc(OC)c(OC)cc2[C@@H]1C.Cl. The Labute approximate surface area is 225 Å². The van der Waals surface area contributed by atoms with E-state index in [4.69, 9.17) is 14.2 Å². The fourth-order valence-corrected chi connectivity index (χ4v) is 5.68. The number of carbonyl (C=O) groups is 1. The molecule has 3 aromatic carbocycles. The molecule has 3 aromatic rings. The van der Waals surface area contributed by atoms with Crippen molar-refractivity contribution in [2.75, 3.05) is 27.9 Å². The molecule has 2 atom stereocenters. The number of carbonyl (C=O) groups excluding carboxylic acids is 1. The number of hydrogen-bond acceptors (Lipinski definition) is 5. The number of ether oxygens (including phenoxy) is 3. The fourth-order valence-electron chi connectivity index (χ4n) is 5.68. The second-order valence-electron chi connectivity index (χ2n) is 9.57. The maximum Gasteiger partial charge on any atom is 0.240 e. The quantitative estimate of drug-likeness (QED) is 0.445. The minimum Gasteiger partial charge on any atom is -0.496 e. The lowest BCUT2D eigenvalue weighted by Crippen LogP contribution is -2.53. The number of para-hydroxylation sites is 1. The van der Waals surface area contributed by atoms with E-state index in [1.165, 1.54) is 16.7 Å². The number of halogens is 1. The predicted molar refractivity (Wildman–Crippen MR) is 147 cm³/mol. The van der Waals surface area contributed by atoms with Crippen LogP contribution in [0.15, 0.2) is 60.7 Å². The molecule has 0 aliphatic carbocycles. The fraction of sp³-hybridized carbons (Fsp3) is 0.367. The van der Waals surface area contributed by atoms with E-state index in [0.717, 1.165) is 35.6 Å². The molecule has 7 heteroatoms. The Kier molecular flexibility index (Phi) is 8.30. The van der Waals surface area contributed by atoms with Crippen molar-refractivity contribution >= 4 is 18.3 Å². The molecule has 6 nitrogen and oxygen atoms in total. The largest absolute Gasteiger partial charge is 0.496 e. The van der Waals surface area contributed by atoms with Gasteiger partial charge >= 0.3 is 0 Å². The Balaban J connectivity index is 0.00000320. The molecule has 37 heavy (non-hydrogen) atoms. The van der Waals surface area contributed by atoms with Gasteiger partial charge < -0.3 is 19.1 Å². The standard InChI is InChI=1S/C30H34N2O4.ClH/c1-20-25-17-29(36-4)28(35-3)16-22(25)13-14-32(20)30(33)26-15-21-9-5-6-10-23(21)18-31(26)19-24-11-7-8-12-27(24)34-2;/h5-12,16-17,20,26H,13-15,18-19H2,1-4H3;1H/t20-,26-;/m0./s1. The zero-order chi connectivity index (χ0) is 25.2. The average Bonchev–Trinajstić information content (AvgIpc) is 2.92. The zero-order valence-electron chi connectivity index (χ0n) is 21.9. The minimum atomic E-state index is -0.242. The molecule has 2 heterocycles. The molecular formula is C30H35ClN2O4. The molecule has 0 N–H and O–H groups in total. The van der Waals surface area contributed by atoms with E-state index in [0.29, 0.717) is 25.3 Å². The van der Waals surface area contributed by atoms with Crippen molar-refractivity contribution in [1.82, 2.24) is 9.80 Å². The normalized spacial score (nSPS) is 18.8. The van der Waals surface area contributed by atoms with Crippen LogP contribution in [-0.4, -0.2) is 49.6 Å². The van der Waals surface area contributed by atoms with Crippen LogP contribution in [0.5, 0.6) is 17.2 Å². The lowest BCUT2D eigenvalue weighted by Gasteiger charge is -2.42. The molecule has 0 unspecified atom stereocenters. The van der Waals surface area contributed by atoms with Crippen molar-refractivity contribution in [2.24, 2.45) is 0 Å². The third-order valence-corrected chi connectivity index (χ3v) is 7.66. The highest BCUT2D eigenvalue weighted by atomic mass is 35.5. The monoisotopic (exact) mass is 522 g/mol. The number of rotatable bonds is 6. The molecule has 0 saturated carbocycles. The molecular weight excluding hydrogens is 488 g/mol. The third-order valence-electron chi connectivity index (χ3n) is 7.66. The highest BCUT2D eigenvalue weighted by molar-refractivity contribution is 5.85. The maximum atomic E-state index is 14.2. The van der Waals surface area contributed by atoms with Gasteiger partial charge in [0.1, 0.15) is 5.75 Å².